The Balaban J connectivity index is 1.67. The predicted octanol–water partition coefficient (Wildman–Crippen LogP) is 5.97. The molecule has 1 aliphatic heterocycles. The molecule has 0 spiro atoms. The van der Waals surface area contributed by atoms with E-state index in [2.05, 4.69) is 82.6 Å². The Labute approximate surface area is 190 Å². The zero-order valence-electron chi connectivity index (χ0n) is 19.0. The Bertz CT molecular complexity index is 1090. The third-order valence-electron chi connectivity index (χ3n) is 5.80. The largest absolute Gasteiger partial charge is 0.359 e. The molecule has 0 fully saturated rings. The van der Waals surface area contributed by atoms with E-state index in [4.69, 9.17) is 16.3 Å². The number of hydrogen-bond acceptors (Lipinski definition) is 4. The highest BCUT2D eigenvalue weighted by atomic mass is 35.5. The van der Waals surface area contributed by atoms with Gasteiger partial charge in [0.25, 0.3) is 0 Å². The van der Waals surface area contributed by atoms with Crippen LogP contribution in [0, 0.1) is 13.8 Å². The van der Waals surface area contributed by atoms with Crippen molar-refractivity contribution in [2.75, 3.05) is 13.2 Å². The average Bonchev–Trinajstić information content (AvgIpc) is 3.33. The summed E-state index contributed by atoms with van der Waals surface area (Å²) in [5.41, 5.74) is 4.39. The minimum atomic E-state index is -1.19. The van der Waals surface area contributed by atoms with Gasteiger partial charge < -0.3 is 4.74 Å². The second-order valence-corrected chi connectivity index (χ2v) is 15.6. The van der Waals surface area contributed by atoms with Crippen molar-refractivity contribution < 1.29 is 4.74 Å². The summed E-state index contributed by atoms with van der Waals surface area (Å²) < 4.78 is 8.63. The van der Waals surface area contributed by atoms with Crippen LogP contribution in [0.1, 0.15) is 34.8 Å². The number of halogens is 1. The molecule has 1 aromatic carbocycles. The van der Waals surface area contributed by atoms with Crippen LogP contribution in [0.5, 0.6) is 0 Å². The third-order valence-corrected chi connectivity index (χ3v) is 7.75. The van der Waals surface area contributed by atoms with Crippen molar-refractivity contribution in [2.24, 2.45) is 0 Å². The van der Waals surface area contributed by atoms with Gasteiger partial charge in [-0.3, -0.25) is 9.30 Å². The van der Waals surface area contributed by atoms with Crippen LogP contribution < -0.4 is 0 Å². The Morgan fingerprint density at radius 3 is 2.61 bits per heavy atom. The van der Waals surface area contributed by atoms with E-state index in [1.165, 1.54) is 5.56 Å². The summed E-state index contributed by atoms with van der Waals surface area (Å²) in [4.78, 5) is 2.41. The molecule has 2 aromatic heterocycles. The quantitative estimate of drug-likeness (QED) is 0.326. The van der Waals surface area contributed by atoms with Crippen molar-refractivity contribution in [3.05, 3.63) is 76.2 Å². The van der Waals surface area contributed by atoms with E-state index in [9.17, 15) is 0 Å². The summed E-state index contributed by atoms with van der Waals surface area (Å²) in [5.74, 6) is 0.897. The Morgan fingerprint density at radius 2 is 1.90 bits per heavy atom. The normalized spacial score (nSPS) is 18.2. The Hall–Kier alpha value is -1.99. The lowest BCUT2D eigenvalue weighted by Crippen LogP contribution is -2.32. The third kappa shape index (κ3) is 4.93. The van der Waals surface area contributed by atoms with Crippen LogP contribution in [-0.4, -0.2) is 40.7 Å². The highest BCUT2D eigenvalue weighted by Gasteiger charge is 2.31. The maximum atomic E-state index is 6.55. The molecule has 0 saturated carbocycles. The standard InChI is InChI=1S/C24H31ClN4OSi/c1-17-15-20(16-29-18(2)26-27-23(17)29)22-7-6-12-28(22)24(30-13-14-31(3,4)5)19-8-10-21(25)11-9-19/h6-11,15-16,22,24H,12-14H2,1-5H3. The molecule has 7 heteroatoms. The molecule has 0 radical (unpaired) electrons. The smallest absolute Gasteiger partial charge is 0.163 e. The maximum Gasteiger partial charge on any atom is 0.163 e. The number of benzene rings is 1. The first-order valence-electron chi connectivity index (χ1n) is 10.8. The summed E-state index contributed by atoms with van der Waals surface area (Å²) in [5, 5.41) is 9.29. The van der Waals surface area contributed by atoms with Gasteiger partial charge in [0, 0.05) is 32.4 Å². The van der Waals surface area contributed by atoms with Gasteiger partial charge in [0.1, 0.15) is 12.1 Å². The fourth-order valence-electron chi connectivity index (χ4n) is 4.02. The van der Waals surface area contributed by atoms with Crippen molar-refractivity contribution in [1.29, 1.82) is 0 Å². The van der Waals surface area contributed by atoms with Crippen LogP contribution in [0.25, 0.3) is 5.65 Å². The average molecular weight is 455 g/mol. The second-order valence-electron chi connectivity index (χ2n) is 9.55. The van der Waals surface area contributed by atoms with Crippen molar-refractivity contribution in [3.8, 4) is 0 Å². The summed E-state index contributed by atoms with van der Waals surface area (Å²) in [6.07, 6.45) is 6.53. The highest BCUT2D eigenvalue weighted by Crippen LogP contribution is 2.37. The zero-order valence-corrected chi connectivity index (χ0v) is 20.7. The van der Waals surface area contributed by atoms with Gasteiger partial charge in [-0.15, -0.1) is 10.2 Å². The second kappa shape index (κ2) is 8.86. The molecule has 3 aromatic rings. The molecule has 2 atom stereocenters. The van der Waals surface area contributed by atoms with E-state index in [0.717, 1.165) is 46.8 Å². The number of aryl methyl sites for hydroxylation is 2. The Kier molecular flexibility index (Phi) is 6.35. The lowest BCUT2D eigenvalue weighted by molar-refractivity contribution is -0.0613. The lowest BCUT2D eigenvalue weighted by Gasteiger charge is -2.34. The molecule has 4 rings (SSSR count). The molecule has 0 aliphatic carbocycles. The predicted molar refractivity (Wildman–Crippen MR) is 129 cm³/mol. The molecule has 3 heterocycles. The number of rotatable bonds is 7. The van der Waals surface area contributed by atoms with Crippen LogP contribution in [0.4, 0.5) is 0 Å². The van der Waals surface area contributed by atoms with Crippen molar-refractivity contribution >= 4 is 25.3 Å². The van der Waals surface area contributed by atoms with E-state index in [1.807, 2.05) is 19.1 Å². The van der Waals surface area contributed by atoms with Gasteiger partial charge in [-0.05, 0) is 54.8 Å². The highest BCUT2D eigenvalue weighted by molar-refractivity contribution is 6.76. The molecule has 1 aliphatic rings. The van der Waals surface area contributed by atoms with E-state index in [-0.39, 0.29) is 12.3 Å². The minimum absolute atomic E-state index is 0.123. The molecule has 31 heavy (non-hydrogen) atoms. The summed E-state index contributed by atoms with van der Waals surface area (Å²) in [7, 11) is -1.19. The van der Waals surface area contributed by atoms with Crippen LogP contribution in [0.2, 0.25) is 30.7 Å². The molecule has 0 amide bonds. The summed E-state index contributed by atoms with van der Waals surface area (Å²) >= 11 is 6.17. The number of hydrogen-bond donors (Lipinski definition) is 0. The minimum Gasteiger partial charge on any atom is -0.359 e. The first kappa shape index (κ1) is 22.2. The topological polar surface area (TPSA) is 42.7 Å². The zero-order chi connectivity index (χ0) is 22.2. The SMILES string of the molecule is Cc1cc(C2C=CCN2C(OCC[Si](C)(C)C)c2ccc(Cl)cc2)cn2c(C)nnc12. The fraction of sp³-hybridized carbons (Fsp3) is 0.417. The van der Waals surface area contributed by atoms with Crippen molar-refractivity contribution in [1.82, 2.24) is 19.5 Å². The summed E-state index contributed by atoms with van der Waals surface area (Å²) in [6, 6.07) is 11.5. The van der Waals surface area contributed by atoms with E-state index < -0.39 is 8.07 Å². The van der Waals surface area contributed by atoms with Crippen LogP contribution in [-0.2, 0) is 4.74 Å². The van der Waals surface area contributed by atoms with Gasteiger partial charge in [-0.1, -0.05) is 55.5 Å². The van der Waals surface area contributed by atoms with Gasteiger partial charge in [0.05, 0.1) is 6.04 Å². The molecular formula is C24H31ClN4OSi. The van der Waals surface area contributed by atoms with Crippen molar-refractivity contribution in [2.45, 2.75) is 51.8 Å². The number of nitrogens with zero attached hydrogens (tertiary/aromatic N) is 4. The van der Waals surface area contributed by atoms with Crippen molar-refractivity contribution in [3.63, 3.8) is 0 Å². The molecule has 2 unspecified atom stereocenters. The number of aromatic nitrogens is 3. The van der Waals surface area contributed by atoms with Crippen LogP contribution in [0.3, 0.4) is 0 Å². The van der Waals surface area contributed by atoms with Gasteiger partial charge in [-0.25, -0.2) is 0 Å². The van der Waals surface area contributed by atoms with Crippen LogP contribution >= 0.6 is 11.6 Å². The summed E-state index contributed by atoms with van der Waals surface area (Å²) in [6.45, 7) is 12.8. The maximum absolute atomic E-state index is 6.55. The monoisotopic (exact) mass is 454 g/mol. The number of fused-ring (bicyclic) bond motifs is 1. The fourth-order valence-corrected chi connectivity index (χ4v) is 4.88. The van der Waals surface area contributed by atoms with E-state index in [1.54, 1.807) is 0 Å². The van der Waals surface area contributed by atoms with Gasteiger partial charge in [0.2, 0.25) is 0 Å². The Morgan fingerprint density at radius 1 is 1.16 bits per heavy atom. The van der Waals surface area contributed by atoms with E-state index >= 15 is 0 Å². The van der Waals surface area contributed by atoms with Crippen LogP contribution in [0.15, 0.2) is 48.7 Å². The first-order chi connectivity index (χ1) is 14.7. The molecular weight excluding hydrogens is 424 g/mol. The lowest BCUT2D eigenvalue weighted by atomic mass is 10.1. The molecule has 164 valence electrons. The van der Waals surface area contributed by atoms with Gasteiger partial charge >= 0.3 is 0 Å². The van der Waals surface area contributed by atoms with Gasteiger partial charge in [-0.2, -0.15) is 0 Å². The van der Waals surface area contributed by atoms with E-state index in [0.29, 0.717) is 0 Å². The van der Waals surface area contributed by atoms with Gasteiger partial charge in [0.15, 0.2) is 5.65 Å². The number of pyridine rings is 1. The molecule has 0 saturated heterocycles. The number of ether oxygens (including phenoxy) is 1. The molecule has 0 bridgehead atoms. The first-order valence-corrected chi connectivity index (χ1v) is 14.9. The molecule has 0 N–H and O–H groups in total. The molecule has 5 nitrogen and oxygen atoms in total.